The zero-order valence-corrected chi connectivity index (χ0v) is 20.0. The molecule has 0 aliphatic heterocycles. The summed E-state index contributed by atoms with van der Waals surface area (Å²) in [5.41, 5.74) is 0. The summed E-state index contributed by atoms with van der Waals surface area (Å²) in [4.78, 5) is 0. The minimum absolute atomic E-state index is 0. The molecule has 0 radical (unpaired) electrons. The Kier molecular flexibility index (Phi) is 21.1. The van der Waals surface area contributed by atoms with Gasteiger partial charge in [-0.1, -0.05) is 77.6 Å². The fourth-order valence-corrected chi connectivity index (χ4v) is 3.52. The molecule has 0 saturated heterocycles. The van der Waals surface area contributed by atoms with E-state index >= 15 is 0 Å². The van der Waals surface area contributed by atoms with Crippen LogP contribution >= 0.6 is 0 Å². The first-order chi connectivity index (χ1) is 12.4. The molecule has 0 aromatic heterocycles. The third kappa shape index (κ3) is 22.3. The Bertz CT molecular complexity index is 461. The summed E-state index contributed by atoms with van der Waals surface area (Å²) < 4.78 is 35.6. The molecule has 1 atom stereocenters. The van der Waals surface area contributed by atoms with Crippen LogP contribution < -0.4 is 40.5 Å². The largest absolute Gasteiger partial charge is 1.00 e. The summed E-state index contributed by atoms with van der Waals surface area (Å²) in [6.45, 7) is 2.13. The second kappa shape index (κ2) is 19.5. The van der Waals surface area contributed by atoms with Gasteiger partial charge in [-0.2, -0.15) is 8.42 Å². The van der Waals surface area contributed by atoms with Crippen molar-refractivity contribution >= 4 is 16.3 Å². The van der Waals surface area contributed by atoms with Gasteiger partial charge in [0.1, 0.15) is 0 Å². The van der Waals surface area contributed by atoms with Gasteiger partial charge in [-0.05, 0) is 31.6 Å². The van der Waals surface area contributed by atoms with Crippen LogP contribution in [0.5, 0.6) is 0 Å². The smallest absolute Gasteiger partial charge is 0.861 e. The van der Waals surface area contributed by atoms with E-state index in [1.54, 1.807) is 0 Å². The molecule has 0 saturated carbocycles. The molecular formula is C18H37N2NaO5S. The summed E-state index contributed by atoms with van der Waals surface area (Å²) in [7, 11) is -4.37. The third-order valence-electron chi connectivity index (χ3n) is 4.45. The van der Waals surface area contributed by atoms with Crippen LogP contribution in [0.15, 0.2) is 5.10 Å². The van der Waals surface area contributed by atoms with Gasteiger partial charge in [0.25, 0.3) is 0 Å². The summed E-state index contributed by atoms with van der Waals surface area (Å²) in [5.74, 6) is 4.66. The van der Waals surface area contributed by atoms with Crippen molar-refractivity contribution in [2.24, 2.45) is 10.9 Å². The maximum absolute atomic E-state index is 11.0. The predicted octanol–water partition coefficient (Wildman–Crippen LogP) is 0.682. The van der Waals surface area contributed by atoms with Gasteiger partial charge in [0.05, 0.1) is 6.10 Å². The fraction of sp³-hybridized carbons (Fsp3) is 0.944. The molecule has 0 spiro atoms. The molecule has 0 aromatic carbocycles. The number of unbranched alkanes of at least 4 members (excludes halogenated alkanes) is 10. The van der Waals surface area contributed by atoms with E-state index in [0.717, 1.165) is 77.0 Å². The van der Waals surface area contributed by atoms with Crippen LogP contribution in [0.25, 0.3) is 0 Å². The summed E-state index contributed by atoms with van der Waals surface area (Å²) in [6, 6.07) is 0. The van der Waals surface area contributed by atoms with E-state index in [0.29, 0.717) is 19.3 Å². The molecular weight excluding hydrogens is 379 g/mol. The van der Waals surface area contributed by atoms with Crippen molar-refractivity contribution in [1.82, 2.24) is 0 Å². The normalized spacial score (nSPS) is 13.3. The van der Waals surface area contributed by atoms with Gasteiger partial charge < -0.3 is 10.9 Å². The Balaban J connectivity index is 0. The zero-order chi connectivity index (χ0) is 19.7. The first-order valence-electron chi connectivity index (χ1n) is 9.98. The van der Waals surface area contributed by atoms with Crippen LogP contribution in [-0.4, -0.2) is 25.0 Å². The molecule has 9 heteroatoms. The second-order valence-corrected chi connectivity index (χ2v) is 7.93. The van der Waals surface area contributed by atoms with Crippen molar-refractivity contribution < 1.29 is 51.8 Å². The standard InChI is InChI=1S/C18H38N2O5S.Na/c1-2-3-4-11-14-17(25-26(22,23)24)15-12-9-7-5-6-8-10-13-16-18(21)20-19;/h17H,2-16,19H2,1H3,(H,20,21)(H,22,23,24);/q;+1/p-1. The molecule has 0 heterocycles. The molecule has 0 amide bonds. The molecule has 0 aliphatic carbocycles. The van der Waals surface area contributed by atoms with Gasteiger partial charge in [0.15, 0.2) is 0 Å². The van der Waals surface area contributed by atoms with Crippen molar-refractivity contribution in [3.05, 3.63) is 0 Å². The van der Waals surface area contributed by atoms with Gasteiger partial charge in [-0.3, -0.25) is 4.55 Å². The minimum Gasteiger partial charge on any atom is -0.861 e. The van der Waals surface area contributed by atoms with Crippen molar-refractivity contribution in [2.75, 3.05) is 0 Å². The van der Waals surface area contributed by atoms with Gasteiger partial charge >= 0.3 is 40.0 Å². The van der Waals surface area contributed by atoms with Gasteiger partial charge in [-0.15, -0.1) is 0 Å². The topological polar surface area (TPSA) is 125 Å². The Hall–Kier alpha value is 0.140. The van der Waals surface area contributed by atoms with Crippen LogP contribution in [-0.2, 0) is 14.6 Å². The maximum atomic E-state index is 11.0. The molecule has 0 fully saturated rings. The third-order valence-corrected chi connectivity index (χ3v) is 4.96. The molecule has 0 bridgehead atoms. The van der Waals surface area contributed by atoms with Crippen LogP contribution in [0.3, 0.4) is 0 Å². The number of hydrazone groups is 1. The van der Waals surface area contributed by atoms with Gasteiger partial charge in [-0.25, -0.2) is 9.28 Å². The SMILES string of the molecule is CCCCCCC(CCCCCCCCCCC([O-])=NN)OS(=O)(=O)O.[Na+]. The van der Waals surface area contributed by atoms with E-state index in [4.69, 9.17) is 14.6 Å². The monoisotopic (exact) mass is 416 g/mol. The molecule has 0 aliphatic rings. The number of rotatable bonds is 18. The molecule has 7 nitrogen and oxygen atoms in total. The van der Waals surface area contributed by atoms with Gasteiger partial charge in [0, 0.05) is 0 Å². The summed E-state index contributed by atoms with van der Waals surface area (Å²) >= 11 is 0. The van der Waals surface area contributed by atoms with E-state index in [2.05, 4.69) is 12.0 Å². The van der Waals surface area contributed by atoms with Crippen molar-refractivity contribution in [2.45, 2.75) is 109 Å². The average molecular weight is 417 g/mol. The molecule has 3 N–H and O–H groups in total. The predicted molar refractivity (Wildman–Crippen MR) is 103 cm³/mol. The number of nitrogens with zero attached hydrogens (tertiary/aromatic N) is 1. The minimum atomic E-state index is -4.37. The maximum Gasteiger partial charge on any atom is 1.00 e. The van der Waals surface area contributed by atoms with Crippen LogP contribution in [0.2, 0.25) is 0 Å². The first-order valence-corrected chi connectivity index (χ1v) is 11.3. The van der Waals surface area contributed by atoms with Crippen LogP contribution in [0.1, 0.15) is 103 Å². The fourth-order valence-electron chi connectivity index (χ4n) is 2.98. The molecule has 0 rings (SSSR count). The average Bonchev–Trinajstić information content (AvgIpc) is 2.58. The van der Waals surface area contributed by atoms with E-state index in [9.17, 15) is 13.5 Å². The quantitative estimate of drug-likeness (QED) is 0.0644. The van der Waals surface area contributed by atoms with Crippen molar-refractivity contribution in [1.29, 1.82) is 0 Å². The summed E-state index contributed by atoms with van der Waals surface area (Å²) in [5, 5.41) is 14.0. The van der Waals surface area contributed by atoms with E-state index < -0.39 is 16.5 Å². The van der Waals surface area contributed by atoms with Crippen molar-refractivity contribution in [3.63, 3.8) is 0 Å². The Morgan fingerprint density at radius 3 is 1.85 bits per heavy atom. The Labute approximate surface area is 187 Å². The van der Waals surface area contributed by atoms with E-state index in [1.165, 1.54) is 0 Å². The first kappa shape index (κ1) is 29.3. The second-order valence-electron chi connectivity index (χ2n) is 6.89. The molecule has 27 heavy (non-hydrogen) atoms. The molecule has 156 valence electrons. The number of nitrogens with two attached hydrogens (primary N) is 1. The number of hydrogen-bond donors (Lipinski definition) is 2. The van der Waals surface area contributed by atoms with E-state index in [1.807, 2.05) is 0 Å². The van der Waals surface area contributed by atoms with Gasteiger partial charge in [0.2, 0.25) is 0 Å². The van der Waals surface area contributed by atoms with Crippen LogP contribution in [0, 0.1) is 0 Å². The molecule has 1 unspecified atom stereocenters. The number of hydrogen-bond acceptors (Lipinski definition) is 6. The van der Waals surface area contributed by atoms with Crippen molar-refractivity contribution in [3.8, 4) is 0 Å². The Morgan fingerprint density at radius 2 is 1.41 bits per heavy atom. The Morgan fingerprint density at radius 1 is 0.963 bits per heavy atom. The summed E-state index contributed by atoms with van der Waals surface area (Å²) in [6.07, 6.45) is 13.9. The molecule has 0 aromatic rings. The van der Waals surface area contributed by atoms with Crippen LogP contribution in [0.4, 0.5) is 0 Å². The zero-order valence-electron chi connectivity index (χ0n) is 17.2. The van der Waals surface area contributed by atoms with E-state index in [-0.39, 0.29) is 35.5 Å².